The summed E-state index contributed by atoms with van der Waals surface area (Å²) in [4.78, 5) is 14.4. The van der Waals surface area contributed by atoms with E-state index in [4.69, 9.17) is 0 Å². The van der Waals surface area contributed by atoms with Crippen LogP contribution < -0.4 is 0 Å². The molecule has 1 aromatic carbocycles. The molecule has 0 aliphatic heterocycles. The zero-order valence-corrected chi connectivity index (χ0v) is 17.1. The Balaban J connectivity index is 2.20. The lowest BCUT2D eigenvalue weighted by atomic mass is 10.1. The monoisotopic (exact) mass is 357 g/mol. The quantitative estimate of drug-likeness (QED) is 0.257. The van der Waals surface area contributed by atoms with Crippen molar-refractivity contribution in [3.63, 3.8) is 0 Å². The van der Waals surface area contributed by atoms with Crippen LogP contribution in [0.1, 0.15) is 83.6 Å². The molecule has 0 aliphatic carbocycles. The third kappa shape index (κ3) is 10.4. The van der Waals surface area contributed by atoms with Crippen molar-refractivity contribution in [2.75, 3.05) is 13.1 Å². The Morgan fingerprint density at radius 3 is 1.92 bits per heavy atom. The van der Waals surface area contributed by atoms with Gasteiger partial charge in [0.25, 0.3) is 0 Å². The fourth-order valence-corrected chi connectivity index (χ4v) is 3.28. The van der Waals surface area contributed by atoms with Crippen molar-refractivity contribution in [2.24, 2.45) is 0 Å². The minimum absolute atomic E-state index is 0.108. The molecule has 2 nitrogen and oxygen atoms in total. The van der Waals surface area contributed by atoms with Gasteiger partial charge >= 0.3 is 0 Å². The van der Waals surface area contributed by atoms with Crippen LogP contribution in [-0.2, 0) is 11.2 Å². The minimum atomic E-state index is 0.108. The molecule has 1 amide bonds. The molecule has 146 valence electrons. The summed E-state index contributed by atoms with van der Waals surface area (Å²) in [5, 5.41) is 0. The average molecular weight is 358 g/mol. The summed E-state index contributed by atoms with van der Waals surface area (Å²) in [5.74, 6) is 0.108. The van der Waals surface area contributed by atoms with Gasteiger partial charge in [0.1, 0.15) is 0 Å². The smallest absolute Gasteiger partial charge is 0.248 e. The van der Waals surface area contributed by atoms with Crippen molar-refractivity contribution in [3.8, 4) is 0 Å². The molecule has 0 aliphatic rings. The number of hydrogen-bond acceptors (Lipinski definition) is 1. The Hall–Kier alpha value is -1.57. The topological polar surface area (TPSA) is 20.3 Å². The van der Waals surface area contributed by atoms with Crippen molar-refractivity contribution in [1.29, 1.82) is 0 Å². The van der Waals surface area contributed by atoms with Gasteiger partial charge < -0.3 is 4.90 Å². The van der Waals surface area contributed by atoms with Crippen LogP contribution in [0.15, 0.2) is 42.5 Å². The Morgan fingerprint density at radius 1 is 0.846 bits per heavy atom. The number of unbranched alkanes of at least 4 members (excludes halogenated alkanes) is 9. The molecule has 0 aromatic heterocycles. The van der Waals surface area contributed by atoms with Gasteiger partial charge in [-0.1, -0.05) is 102 Å². The second-order valence-electron chi connectivity index (χ2n) is 7.49. The molecule has 0 fully saturated rings. The van der Waals surface area contributed by atoms with Crippen LogP contribution in [0.3, 0.4) is 0 Å². The van der Waals surface area contributed by atoms with Crippen molar-refractivity contribution in [1.82, 2.24) is 4.90 Å². The molecule has 0 saturated carbocycles. The Bertz CT molecular complexity index is 494. The first-order chi connectivity index (χ1) is 12.6. The highest BCUT2D eigenvalue weighted by atomic mass is 16.2. The van der Waals surface area contributed by atoms with Gasteiger partial charge in [-0.05, 0) is 25.3 Å². The van der Waals surface area contributed by atoms with Crippen molar-refractivity contribution in [2.45, 2.75) is 84.5 Å². The van der Waals surface area contributed by atoms with Crippen molar-refractivity contribution >= 4 is 5.91 Å². The standard InChI is InChI=1S/C24H39NO/c1-4-5-6-7-8-9-10-11-12-16-20-25(24(26)22(2)3)21-19-23-17-14-13-15-18-23/h13-15,17-18H,2,4-12,16,19-21H2,1,3H3. The number of carbonyl (C=O) groups excluding carboxylic acids is 1. The summed E-state index contributed by atoms with van der Waals surface area (Å²) in [5.41, 5.74) is 1.93. The normalized spacial score (nSPS) is 10.7. The lowest BCUT2D eigenvalue weighted by Gasteiger charge is -2.23. The van der Waals surface area contributed by atoms with E-state index in [-0.39, 0.29) is 5.91 Å². The summed E-state index contributed by atoms with van der Waals surface area (Å²) in [6.45, 7) is 9.56. The predicted molar refractivity (Wildman–Crippen MR) is 113 cm³/mol. The van der Waals surface area contributed by atoms with Crippen molar-refractivity contribution < 1.29 is 4.79 Å². The molecule has 0 spiro atoms. The summed E-state index contributed by atoms with van der Waals surface area (Å²) in [6.07, 6.45) is 14.1. The van der Waals surface area contributed by atoms with Gasteiger partial charge in [-0.15, -0.1) is 0 Å². The molecule has 1 rings (SSSR count). The van der Waals surface area contributed by atoms with E-state index in [9.17, 15) is 4.79 Å². The zero-order chi connectivity index (χ0) is 19.0. The molecule has 0 radical (unpaired) electrons. The first-order valence-electron chi connectivity index (χ1n) is 10.6. The predicted octanol–water partition coefficient (Wildman–Crippen LogP) is 6.55. The SMILES string of the molecule is C=C(C)C(=O)N(CCCCCCCCCCCC)CCc1ccccc1. The van der Waals surface area contributed by atoms with E-state index >= 15 is 0 Å². The molecule has 0 heterocycles. The molecular formula is C24H39NO. The van der Waals surface area contributed by atoms with Crippen LogP contribution in [0, 0.1) is 0 Å². The van der Waals surface area contributed by atoms with E-state index in [1.54, 1.807) is 0 Å². The largest absolute Gasteiger partial charge is 0.339 e. The molecule has 0 unspecified atom stereocenters. The van der Waals surface area contributed by atoms with Gasteiger partial charge in [0.05, 0.1) is 0 Å². The number of carbonyl (C=O) groups is 1. The van der Waals surface area contributed by atoms with Crippen LogP contribution >= 0.6 is 0 Å². The summed E-state index contributed by atoms with van der Waals surface area (Å²) in [6, 6.07) is 10.4. The molecule has 0 N–H and O–H groups in total. The second-order valence-corrected chi connectivity index (χ2v) is 7.49. The van der Waals surface area contributed by atoms with E-state index in [2.05, 4.69) is 37.8 Å². The second kappa shape index (κ2) is 14.6. The third-order valence-corrected chi connectivity index (χ3v) is 4.95. The summed E-state index contributed by atoms with van der Waals surface area (Å²) in [7, 11) is 0. The maximum Gasteiger partial charge on any atom is 0.248 e. The first kappa shape index (κ1) is 22.5. The molecule has 26 heavy (non-hydrogen) atoms. The fraction of sp³-hybridized carbons (Fsp3) is 0.625. The number of nitrogens with zero attached hydrogens (tertiary/aromatic N) is 1. The van der Waals surface area contributed by atoms with Gasteiger partial charge in [-0.2, -0.15) is 0 Å². The summed E-state index contributed by atoms with van der Waals surface area (Å²) >= 11 is 0. The molecule has 2 heteroatoms. The number of benzene rings is 1. The highest BCUT2D eigenvalue weighted by molar-refractivity contribution is 5.92. The van der Waals surface area contributed by atoms with Crippen LogP contribution in [0.4, 0.5) is 0 Å². The maximum absolute atomic E-state index is 12.4. The van der Waals surface area contributed by atoms with Gasteiger partial charge in [0.2, 0.25) is 5.91 Å². The van der Waals surface area contributed by atoms with Gasteiger partial charge in [-0.3, -0.25) is 4.79 Å². The molecular weight excluding hydrogens is 318 g/mol. The number of hydrogen-bond donors (Lipinski definition) is 0. The molecule has 1 aromatic rings. The molecule has 0 saturated heterocycles. The molecule has 0 atom stereocenters. The maximum atomic E-state index is 12.4. The van der Waals surface area contributed by atoms with Crippen LogP contribution in [-0.4, -0.2) is 23.9 Å². The fourth-order valence-electron chi connectivity index (χ4n) is 3.28. The van der Waals surface area contributed by atoms with E-state index < -0.39 is 0 Å². The Labute approximate surface area is 161 Å². The first-order valence-corrected chi connectivity index (χ1v) is 10.6. The van der Waals surface area contributed by atoms with Gasteiger partial charge in [-0.25, -0.2) is 0 Å². The Kier molecular flexibility index (Phi) is 12.6. The van der Waals surface area contributed by atoms with E-state index in [0.717, 1.165) is 25.9 Å². The van der Waals surface area contributed by atoms with E-state index in [0.29, 0.717) is 5.57 Å². The van der Waals surface area contributed by atoms with E-state index in [1.165, 1.54) is 63.4 Å². The summed E-state index contributed by atoms with van der Waals surface area (Å²) < 4.78 is 0. The zero-order valence-electron chi connectivity index (χ0n) is 17.1. The minimum Gasteiger partial charge on any atom is -0.339 e. The Morgan fingerprint density at radius 2 is 1.38 bits per heavy atom. The lowest BCUT2D eigenvalue weighted by molar-refractivity contribution is -0.127. The van der Waals surface area contributed by atoms with Crippen LogP contribution in [0.2, 0.25) is 0 Å². The highest BCUT2D eigenvalue weighted by Crippen LogP contribution is 2.12. The van der Waals surface area contributed by atoms with Gasteiger partial charge in [0.15, 0.2) is 0 Å². The number of amides is 1. The average Bonchev–Trinajstić information content (AvgIpc) is 2.65. The number of rotatable bonds is 15. The van der Waals surface area contributed by atoms with Crippen molar-refractivity contribution in [3.05, 3.63) is 48.0 Å². The third-order valence-electron chi connectivity index (χ3n) is 4.95. The van der Waals surface area contributed by atoms with Crippen LogP contribution in [0.5, 0.6) is 0 Å². The highest BCUT2D eigenvalue weighted by Gasteiger charge is 2.13. The molecule has 0 bridgehead atoms. The van der Waals surface area contributed by atoms with Gasteiger partial charge in [0, 0.05) is 18.7 Å². The lowest BCUT2D eigenvalue weighted by Crippen LogP contribution is -2.34. The van der Waals surface area contributed by atoms with Crippen LogP contribution in [0.25, 0.3) is 0 Å². The van der Waals surface area contributed by atoms with E-state index in [1.807, 2.05) is 17.9 Å².